The molecule has 0 fully saturated rings. The number of nitrogens with one attached hydrogen (secondary N) is 1. The number of amides is 1. The fourth-order valence-electron chi connectivity index (χ4n) is 1.59. The lowest BCUT2D eigenvalue weighted by Gasteiger charge is -2.08. The molecule has 0 saturated carbocycles. The van der Waals surface area contributed by atoms with E-state index in [2.05, 4.69) is 10.3 Å². The molecule has 0 spiro atoms. The number of carboxylic acids is 1. The molecule has 0 saturated heterocycles. The van der Waals surface area contributed by atoms with Crippen molar-refractivity contribution in [3.05, 3.63) is 36.7 Å². The van der Waals surface area contributed by atoms with Crippen LogP contribution in [-0.4, -0.2) is 35.1 Å². The first-order valence-electron chi connectivity index (χ1n) is 5.61. The van der Waals surface area contributed by atoms with Gasteiger partial charge in [-0.25, -0.2) is 0 Å². The lowest BCUT2D eigenvalue weighted by molar-refractivity contribution is -0.138. The van der Waals surface area contributed by atoms with E-state index < -0.39 is 18.4 Å². The molecule has 6 nitrogen and oxygen atoms in total. The largest absolute Gasteiger partial charge is 0.483 e. The smallest absolute Gasteiger partial charge is 0.322 e. The number of pyridine rings is 1. The predicted molar refractivity (Wildman–Crippen MR) is 67.9 cm³/mol. The lowest BCUT2D eigenvalue weighted by atomic mass is 10.1. The Morgan fingerprint density at radius 3 is 2.95 bits per heavy atom. The molecule has 0 aliphatic rings. The van der Waals surface area contributed by atoms with Crippen LogP contribution in [0.2, 0.25) is 0 Å². The molecular weight excluding hydrogens is 248 g/mol. The molecule has 2 N–H and O–H groups in total. The molecule has 0 unspecified atom stereocenters. The SMILES string of the molecule is O=C(O)CNC(=O)COc1cccc2cnccc12. The van der Waals surface area contributed by atoms with E-state index in [1.165, 1.54) is 0 Å². The topological polar surface area (TPSA) is 88.5 Å². The summed E-state index contributed by atoms with van der Waals surface area (Å²) < 4.78 is 5.38. The Bertz CT molecular complexity index is 607. The molecule has 2 rings (SSSR count). The number of hydrogen-bond acceptors (Lipinski definition) is 4. The van der Waals surface area contributed by atoms with Crippen molar-refractivity contribution >= 4 is 22.6 Å². The molecule has 98 valence electrons. The maximum atomic E-state index is 11.3. The van der Waals surface area contributed by atoms with Gasteiger partial charge in [0.25, 0.3) is 5.91 Å². The Hall–Kier alpha value is -2.63. The van der Waals surface area contributed by atoms with Gasteiger partial charge in [-0.2, -0.15) is 0 Å². The zero-order valence-electron chi connectivity index (χ0n) is 10.00. The van der Waals surface area contributed by atoms with Crippen LogP contribution in [-0.2, 0) is 9.59 Å². The van der Waals surface area contributed by atoms with Crippen molar-refractivity contribution in [3.8, 4) is 5.75 Å². The van der Waals surface area contributed by atoms with Gasteiger partial charge in [0.2, 0.25) is 0 Å². The average Bonchev–Trinajstić information content (AvgIpc) is 2.42. The number of nitrogens with zero attached hydrogens (tertiary/aromatic N) is 1. The Balaban J connectivity index is 2.02. The number of carbonyl (C=O) groups excluding carboxylic acids is 1. The number of aliphatic carboxylic acids is 1. The Labute approximate surface area is 109 Å². The summed E-state index contributed by atoms with van der Waals surface area (Å²) in [4.78, 5) is 25.6. The lowest BCUT2D eigenvalue weighted by Crippen LogP contribution is -2.33. The number of aromatic nitrogens is 1. The first-order chi connectivity index (χ1) is 9.16. The maximum absolute atomic E-state index is 11.3. The number of fused-ring (bicyclic) bond motifs is 1. The summed E-state index contributed by atoms with van der Waals surface area (Å²) in [5, 5.41) is 12.4. The predicted octanol–water partition coefficient (Wildman–Crippen LogP) is 0.814. The average molecular weight is 260 g/mol. The third-order valence-electron chi connectivity index (χ3n) is 2.44. The van der Waals surface area contributed by atoms with Crippen LogP contribution in [0.1, 0.15) is 0 Å². The molecule has 0 atom stereocenters. The van der Waals surface area contributed by atoms with Crippen LogP contribution in [0, 0.1) is 0 Å². The Kier molecular flexibility index (Phi) is 3.92. The van der Waals surface area contributed by atoms with Crippen molar-refractivity contribution < 1.29 is 19.4 Å². The van der Waals surface area contributed by atoms with Gasteiger partial charge in [-0.1, -0.05) is 12.1 Å². The highest BCUT2D eigenvalue weighted by molar-refractivity contribution is 5.88. The molecule has 1 heterocycles. The summed E-state index contributed by atoms with van der Waals surface area (Å²) in [5.74, 6) is -1.01. The van der Waals surface area contributed by atoms with E-state index in [1.807, 2.05) is 6.07 Å². The number of benzene rings is 1. The molecule has 19 heavy (non-hydrogen) atoms. The van der Waals surface area contributed by atoms with E-state index in [4.69, 9.17) is 9.84 Å². The summed E-state index contributed by atoms with van der Waals surface area (Å²) in [6, 6.07) is 7.22. The van der Waals surface area contributed by atoms with E-state index in [0.717, 1.165) is 10.8 Å². The van der Waals surface area contributed by atoms with Crippen LogP contribution < -0.4 is 10.1 Å². The third-order valence-corrected chi connectivity index (χ3v) is 2.44. The minimum atomic E-state index is -1.09. The van der Waals surface area contributed by atoms with Crippen molar-refractivity contribution in [1.82, 2.24) is 10.3 Å². The highest BCUT2D eigenvalue weighted by Gasteiger charge is 2.06. The van der Waals surface area contributed by atoms with Crippen LogP contribution in [0.15, 0.2) is 36.7 Å². The quantitative estimate of drug-likeness (QED) is 0.830. The molecule has 0 aliphatic heterocycles. The molecule has 0 aliphatic carbocycles. The molecule has 1 aromatic heterocycles. The second-order valence-corrected chi connectivity index (χ2v) is 3.81. The van der Waals surface area contributed by atoms with Gasteiger partial charge in [0.05, 0.1) is 0 Å². The number of hydrogen-bond donors (Lipinski definition) is 2. The van der Waals surface area contributed by atoms with E-state index in [0.29, 0.717) is 5.75 Å². The normalized spacial score (nSPS) is 10.1. The van der Waals surface area contributed by atoms with Gasteiger partial charge in [0.15, 0.2) is 6.61 Å². The van der Waals surface area contributed by atoms with Gasteiger partial charge < -0.3 is 15.2 Å². The van der Waals surface area contributed by atoms with Gasteiger partial charge in [0.1, 0.15) is 12.3 Å². The van der Waals surface area contributed by atoms with Crippen LogP contribution in [0.3, 0.4) is 0 Å². The first kappa shape index (κ1) is 12.8. The van der Waals surface area contributed by atoms with Crippen LogP contribution in [0.4, 0.5) is 0 Å². The number of carboxylic acid groups (broad SMARTS) is 1. The highest BCUT2D eigenvalue weighted by Crippen LogP contribution is 2.24. The van der Waals surface area contributed by atoms with Crippen molar-refractivity contribution in [3.63, 3.8) is 0 Å². The zero-order chi connectivity index (χ0) is 13.7. The summed E-state index contributed by atoms with van der Waals surface area (Å²) in [6.45, 7) is -0.642. The molecule has 6 heteroatoms. The maximum Gasteiger partial charge on any atom is 0.322 e. The molecule has 1 aromatic carbocycles. The number of rotatable bonds is 5. The summed E-state index contributed by atoms with van der Waals surface area (Å²) in [5.41, 5.74) is 0. The Morgan fingerprint density at radius 2 is 2.16 bits per heavy atom. The molecule has 0 radical (unpaired) electrons. The van der Waals surface area contributed by atoms with Crippen molar-refractivity contribution in [2.45, 2.75) is 0 Å². The third kappa shape index (κ3) is 3.41. The minimum absolute atomic E-state index is 0.227. The van der Waals surface area contributed by atoms with Gasteiger partial charge in [-0.05, 0) is 12.1 Å². The number of carbonyl (C=O) groups is 2. The van der Waals surface area contributed by atoms with E-state index in [9.17, 15) is 9.59 Å². The highest BCUT2D eigenvalue weighted by atomic mass is 16.5. The summed E-state index contributed by atoms with van der Waals surface area (Å²) >= 11 is 0. The minimum Gasteiger partial charge on any atom is -0.483 e. The molecular formula is C13H12N2O4. The van der Waals surface area contributed by atoms with Crippen LogP contribution >= 0.6 is 0 Å². The van der Waals surface area contributed by atoms with E-state index in [1.54, 1.807) is 30.6 Å². The van der Waals surface area contributed by atoms with Crippen LogP contribution in [0.5, 0.6) is 5.75 Å². The molecule has 1 amide bonds. The van der Waals surface area contributed by atoms with Crippen molar-refractivity contribution in [2.75, 3.05) is 13.2 Å². The molecule has 0 bridgehead atoms. The second-order valence-electron chi connectivity index (χ2n) is 3.81. The standard InChI is InChI=1S/C13H12N2O4/c16-12(15-7-13(17)18)8-19-11-3-1-2-9-6-14-5-4-10(9)11/h1-6H,7-8H2,(H,15,16)(H,17,18). The number of ether oxygens (including phenoxy) is 1. The second kappa shape index (κ2) is 5.81. The molecule has 2 aromatic rings. The fraction of sp³-hybridized carbons (Fsp3) is 0.154. The first-order valence-corrected chi connectivity index (χ1v) is 5.61. The van der Waals surface area contributed by atoms with Crippen LogP contribution in [0.25, 0.3) is 10.8 Å². The van der Waals surface area contributed by atoms with Gasteiger partial charge in [-0.15, -0.1) is 0 Å². The van der Waals surface area contributed by atoms with Gasteiger partial charge >= 0.3 is 5.97 Å². The van der Waals surface area contributed by atoms with Crippen molar-refractivity contribution in [1.29, 1.82) is 0 Å². The van der Waals surface area contributed by atoms with Crippen molar-refractivity contribution in [2.24, 2.45) is 0 Å². The van der Waals surface area contributed by atoms with E-state index >= 15 is 0 Å². The zero-order valence-corrected chi connectivity index (χ0v) is 10.00. The van der Waals surface area contributed by atoms with Gasteiger partial charge in [0, 0.05) is 23.2 Å². The summed E-state index contributed by atoms with van der Waals surface area (Å²) in [7, 11) is 0. The van der Waals surface area contributed by atoms with E-state index in [-0.39, 0.29) is 6.61 Å². The van der Waals surface area contributed by atoms with Gasteiger partial charge in [-0.3, -0.25) is 14.6 Å². The fourth-order valence-corrected chi connectivity index (χ4v) is 1.59. The summed E-state index contributed by atoms with van der Waals surface area (Å²) in [6.07, 6.45) is 3.34. The Morgan fingerprint density at radius 1 is 1.32 bits per heavy atom. The monoisotopic (exact) mass is 260 g/mol.